The number of fused-ring (bicyclic) bond motifs is 1. The molecule has 0 atom stereocenters. The standard InChI is InChI=1S/C18H18IN3O/c1-4-14-17(22-8-7-11(2)9-16(22)20-14)18(23)21-15-6-5-13(19)10-12(15)3/h5-10H,4H2,1-3H3,(H,21,23). The van der Waals surface area contributed by atoms with Gasteiger partial charge in [-0.1, -0.05) is 6.92 Å². The molecule has 2 aromatic heterocycles. The number of imidazole rings is 1. The van der Waals surface area contributed by atoms with Crippen molar-refractivity contribution in [3.05, 3.63) is 62.6 Å². The molecule has 0 unspecified atom stereocenters. The van der Waals surface area contributed by atoms with Crippen LogP contribution in [0.5, 0.6) is 0 Å². The third-order valence-corrected chi connectivity index (χ3v) is 4.51. The summed E-state index contributed by atoms with van der Waals surface area (Å²) in [5.41, 5.74) is 5.25. The van der Waals surface area contributed by atoms with Crippen molar-refractivity contribution in [2.45, 2.75) is 27.2 Å². The molecule has 5 heteroatoms. The monoisotopic (exact) mass is 419 g/mol. The Morgan fingerprint density at radius 2 is 2.04 bits per heavy atom. The molecule has 0 aliphatic heterocycles. The van der Waals surface area contributed by atoms with Gasteiger partial charge in [-0.2, -0.15) is 0 Å². The molecule has 0 fully saturated rings. The van der Waals surface area contributed by atoms with Crippen molar-refractivity contribution < 1.29 is 4.79 Å². The minimum Gasteiger partial charge on any atom is -0.320 e. The van der Waals surface area contributed by atoms with Crippen molar-refractivity contribution in [2.75, 3.05) is 5.32 Å². The van der Waals surface area contributed by atoms with Crippen molar-refractivity contribution in [1.29, 1.82) is 0 Å². The number of anilines is 1. The van der Waals surface area contributed by atoms with E-state index in [1.807, 2.05) is 55.6 Å². The summed E-state index contributed by atoms with van der Waals surface area (Å²) in [4.78, 5) is 17.4. The highest BCUT2D eigenvalue weighted by Crippen LogP contribution is 2.21. The van der Waals surface area contributed by atoms with Crippen LogP contribution in [0.2, 0.25) is 0 Å². The van der Waals surface area contributed by atoms with Gasteiger partial charge in [0.15, 0.2) is 0 Å². The lowest BCUT2D eigenvalue weighted by molar-refractivity contribution is 0.102. The number of carbonyl (C=O) groups excluding carboxylic acids is 1. The van der Waals surface area contributed by atoms with E-state index in [1.165, 1.54) is 0 Å². The third kappa shape index (κ3) is 3.10. The molecule has 1 aromatic carbocycles. The Morgan fingerprint density at radius 3 is 2.74 bits per heavy atom. The van der Waals surface area contributed by atoms with E-state index in [2.05, 4.69) is 39.0 Å². The first kappa shape index (κ1) is 16.0. The number of hydrogen-bond donors (Lipinski definition) is 1. The highest BCUT2D eigenvalue weighted by atomic mass is 127. The lowest BCUT2D eigenvalue weighted by atomic mass is 10.2. The first-order valence-electron chi connectivity index (χ1n) is 7.54. The average molecular weight is 419 g/mol. The predicted molar refractivity (Wildman–Crippen MR) is 101 cm³/mol. The third-order valence-electron chi connectivity index (χ3n) is 3.84. The minimum atomic E-state index is -0.123. The number of rotatable bonds is 3. The Kier molecular flexibility index (Phi) is 4.39. The molecule has 0 aliphatic carbocycles. The molecule has 0 saturated carbocycles. The van der Waals surface area contributed by atoms with Crippen LogP contribution in [0, 0.1) is 17.4 Å². The van der Waals surface area contributed by atoms with Crippen molar-refractivity contribution >= 4 is 39.8 Å². The summed E-state index contributed by atoms with van der Waals surface area (Å²) in [6.07, 6.45) is 2.63. The van der Waals surface area contributed by atoms with Crippen LogP contribution in [-0.4, -0.2) is 15.3 Å². The van der Waals surface area contributed by atoms with Gasteiger partial charge in [0.05, 0.1) is 5.69 Å². The van der Waals surface area contributed by atoms with Gasteiger partial charge in [0.2, 0.25) is 0 Å². The summed E-state index contributed by atoms with van der Waals surface area (Å²) >= 11 is 2.27. The average Bonchev–Trinajstić information content (AvgIpc) is 2.87. The smallest absolute Gasteiger partial charge is 0.274 e. The highest BCUT2D eigenvalue weighted by Gasteiger charge is 2.18. The van der Waals surface area contributed by atoms with Crippen LogP contribution in [-0.2, 0) is 6.42 Å². The van der Waals surface area contributed by atoms with E-state index in [4.69, 9.17) is 0 Å². The number of hydrogen-bond acceptors (Lipinski definition) is 2. The largest absolute Gasteiger partial charge is 0.320 e. The van der Waals surface area contributed by atoms with E-state index in [0.717, 1.165) is 38.1 Å². The van der Waals surface area contributed by atoms with Crippen molar-refractivity contribution in [3.8, 4) is 0 Å². The Bertz CT molecular complexity index is 899. The van der Waals surface area contributed by atoms with Crippen LogP contribution in [0.1, 0.15) is 34.2 Å². The molecular weight excluding hydrogens is 401 g/mol. The maximum absolute atomic E-state index is 12.8. The number of nitrogens with one attached hydrogen (secondary N) is 1. The predicted octanol–water partition coefficient (Wildman–Crippen LogP) is 4.37. The molecule has 118 valence electrons. The van der Waals surface area contributed by atoms with E-state index in [1.54, 1.807) is 0 Å². The Balaban J connectivity index is 2.03. The maximum Gasteiger partial charge on any atom is 0.274 e. The zero-order valence-corrected chi connectivity index (χ0v) is 15.5. The minimum absolute atomic E-state index is 0.123. The fraction of sp³-hybridized carbons (Fsp3) is 0.222. The summed E-state index contributed by atoms with van der Waals surface area (Å²) in [6.45, 7) is 6.03. The molecule has 3 aromatic rings. The number of nitrogens with zero attached hydrogens (tertiary/aromatic N) is 2. The zero-order chi connectivity index (χ0) is 16.6. The van der Waals surface area contributed by atoms with Crippen LogP contribution in [0.25, 0.3) is 5.65 Å². The molecule has 2 heterocycles. The molecule has 0 aliphatic rings. The number of pyridine rings is 1. The van der Waals surface area contributed by atoms with Gasteiger partial charge in [0, 0.05) is 15.5 Å². The molecule has 0 saturated heterocycles. The number of aryl methyl sites for hydroxylation is 3. The molecule has 4 nitrogen and oxygen atoms in total. The Hall–Kier alpha value is -1.89. The topological polar surface area (TPSA) is 46.4 Å². The fourth-order valence-electron chi connectivity index (χ4n) is 2.63. The van der Waals surface area contributed by atoms with Crippen LogP contribution < -0.4 is 5.32 Å². The van der Waals surface area contributed by atoms with E-state index in [0.29, 0.717) is 5.69 Å². The van der Waals surface area contributed by atoms with Crippen molar-refractivity contribution in [1.82, 2.24) is 9.38 Å². The van der Waals surface area contributed by atoms with E-state index in [-0.39, 0.29) is 5.91 Å². The summed E-state index contributed by atoms with van der Waals surface area (Å²) in [7, 11) is 0. The van der Waals surface area contributed by atoms with Gasteiger partial charge in [-0.25, -0.2) is 4.98 Å². The van der Waals surface area contributed by atoms with Gasteiger partial charge < -0.3 is 5.32 Å². The fourth-order valence-corrected chi connectivity index (χ4v) is 3.28. The normalized spacial score (nSPS) is 11.0. The van der Waals surface area contributed by atoms with E-state index < -0.39 is 0 Å². The van der Waals surface area contributed by atoms with Gasteiger partial charge in [-0.05, 0) is 84.3 Å². The maximum atomic E-state index is 12.8. The number of halogens is 1. The second-order valence-corrected chi connectivity index (χ2v) is 6.85. The number of amides is 1. The highest BCUT2D eigenvalue weighted by molar-refractivity contribution is 14.1. The second-order valence-electron chi connectivity index (χ2n) is 5.61. The van der Waals surface area contributed by atoms with Crippen molar-refractivity contribution in [3.63, 3.8) is 0 Å². The molecule has 3 rings (SSSR count). The molecular formula is C18H18IN3O. The van der Waals surface area contributed by atoms with Gasteiger partial charge in [0.25, 0.3) is 5.91 Å². The Morgan fingerprint density at radius 1 is 1.26 bits per heavy atom. The summed E-state index contributed by atoms with van der Waals surface area (Å²) < 4.78 is 3.01. The van der Waals surface area contributed by atoms with Gasteiger partial charge in [0.1, 0.15) is 11.3 Å². The van der Waals surface area contributed by atoms with Gasteiger partial charge in [-0.15, -0.1) is 0 Å². The molecule has 0 bridgehead atoms. The first-order chi connectivity index (χ1) is 11.0. The van der Waals surface area contributed by atoms with E-state index >= 15 is 0 Å². The number of benzene rings is 1. The summed E-state index contributed by atoms with van der Waals surface area (Å²) in [6, 6.07) is 9.96. The van der Waals surface area contributed by atoms with Crippen LogP contribution in [0.15, 0.2) is 36.5 Å². The molecule has 0 spiro atoms. The van der Waals surface area contributed by atoms with E-state index in [9.17, 15) is 4.79 Å². The van der Waals surface area contributed by atoms with Crippen LogP contribution in [0.3, 0.4) is 0 Å². The van der Waals surface area contributed by atoms with Crippen LogP contribution >= 0.6 is 22.6 Å². The molecule has 1 amide bonds. The van der Waals surface area contributed by atoms with Crippen LogP contribution in [0.4, 0.5) is 5.69 Å². The first-order valence-corrected chi connectivity index (χ1v) is 8.62. The quantitative estimate of drug-likeness (QED) is 0.641. The number of carbonyl (C=O) groups is 1. The lowest BCUT2D eigenvalue weighted by Crippen LogP contribution is -2.17. The lowest BCUT2D eigenvalue weighted by Gasteiger charge is -2.10. The molecule has 23 heavy (non-hydrogen) atoms. The summed E-state index contributed by atoms with van der Waals surface area (Å²) in [5.74, 6) is -0.123. The van der Waals surface area contributed by atoms with Gasteiger partial charge >= 0.3 is 0 Å². The summed E-state index contributed by atoms with van der Waals surface area (Å²) in [5, 5.41) is 3.02. The SMILES string of the molecule is CCc1nc2cc(C)ccn2c1C(=O)Nc1ccc(I)cc1C. The molecule has 1 N–H and O–H groups in total. The van der Waals surface area contributed by atoms with Crippen molar-refractivity contribution in [2.24, 2.45) is 0 Å². The van der Waals surface area contributed by atoms with Gasteiger partial charge in [-0.3, -0.25) is 9.20 Å². The zero-order valence-electron chi connectivity index (χ0n) is 13.4. The second kappa shape index (κ2) is 6.31. The Labute approximate surface area is 149 Å². The molecule has 0 radical (unpaired) electrons. The number of aromatic nitrogens is 2.